The Morgan fingerprint density at radius 2 is 2.17 bits per heavy atom. The Kier molecular flexibility index (Phi) is 2.46. The van der Waals surface area contributed by atoms with Crippen molar-refractivity contribution >= 4 is 5.84 Å². The minimum atomic E-state index is 1.09. The van der Waals surface area contributed by atoms with Gasteiger partial charge in [0.1, 0.15) is 0 Å². The Morgan fingerprint density at radius 1 is 1.67 bits per heavy atom. The minimum absolute atomic E-state index is 1.09. The van der Waals surface area contributed by atoms with Crippen LogP contribution in [-0.2, 0) is 0 Å². The summed E-state index contributed by atoms with van der Waals surface area (Å²) >= 11 is 0. The van der Waals surface area contributed by atoms with Gasteiger partial charge in [-0.2, -0.15) is 0 Å². The second kappa shape index (κ2) is 2.69. The lowest BCUT2D eigenvalue weighted by Crippen LogP contribution is -2.70. The molecule has 0 radical (unpaired) electrons. The third-order valence-corrected chi connectivity index (χ3v) is 0.750. The Hall–Kier alpha value is -0.530. The van der Waals surface area contributed by atoms with Crippen molar-refractivity contribution in [3.8, 4) is 0 Å². The molecule has 0 saturated heterocycles. The topological polar surface area (TPSA) is 26.0 Å². The van der Waals surface area contributed by atoms with E-state index in [4.69, 9.17) is 0 Å². The molecule has 0 bridgehead atoms. The van der Waals surface area contributed by atoms with Gasteiger partial charge < -0.3 is 0 Å². The first-order valence-electron chi connectivity index (χ1n) is 2.00. The molecule has 0 aromatic carbocycles. The van der Waals surface area contributed by atoms with Crippen LogP contribution in [0.1, 0.15) is 6.92 Å². The monoisotopic (exact) mass is 87.1 g/mol. The van der Waals surface area contributed by atoms with E-state index in [1.54, 1.807) is 0 Å². The molecule has 0 saturated carbocycles. The lowest BCUT2D eigenvalue weighted by Gasteiger charge is -1.81. The molecule has 0 atom stereocenters. The van der Waals surface area contributed by atoms with Crippen molar-refractivity contribution < 1.29 is 4.99 Å². The normalized spacial score (nSPS) is 11.5. The van der Waals surface area contributed by atoms with Crippen molar-refractivity contribution in [1.29, 1.82) is 0 Å². The Balaban J connectivity index is 3.22. The summed E-state index contributed by atoms with van der Waals surface area (Å²) < 4.78 is 0. The number of nitrogens with one attached hydrogen (secondary N) is 2. The largest absolute Gasteiger partial charge is 0.282 e. The summed E-state index contributed by atoms with van der Waals surface area (Å²) in [6.07, 6.45) is 0. The molecule has 0 aromatic heterocycles. The van der Waals surface area contributed by atoms with Crippen molar-refractivity contribution in [3.05, 3.63) is 0 Å². The van der Waals surface area contributed by atoms with E-state index in [2.05, 4.69) is 10.3 Å². The maximum Gasteiger partial charge on any atom is 0.238 e. The number of hydrogen-bond donors (Lipinski definition) is 2. The molecule has 6 heavy (non-hydrogen) atoms. The van der Waals surface area contributed by atoms with E-state index >= 15 is 0 Å². The van der Waals surface area contributed by atoms with Gasteiger partial charge in [-0.15, -0.1) is 0 Å². The fraction of sp³-hybridized carbons (Fsp3) is 0.750. The Morgan fingerprint density at radius 3 is 2.17 bits per heavy atom. The average Bonchev–Trinajstić information content (AvgIpc) is 1.65. The fourth-order valence-electron chi connectivity index (χ4n) is 0.125. The molecule has 0 amide bonds. The molecule has 2 heteroatoms. The first-order chi connectivity index (χ1) is 2.81. The molecule has 36 valence electrons. The Bertz CT molecular complexity index is 56.6. The van der Waals surface area contributed by atoms with Gasteiger partial charge in [0.25, 0.3) is 0 Å². The molecule has 0 unspecified atom stereocenters. The van der Waals surface area contributed by atoms with Gasteiger partial charge in [-0.1, -0.05) is 0 Å². The van der Waals surface area contributed by atoms with E-state index in [1.165, 1.54) is 0 Å². The maximum absolute atomic E-state index is 2.92. The van der Waals surface area contributed by atoms with Gasteiger partial charge in [0.05, 0.1) is 14.1 Å². The lowest BCUT2D eigenvalue weighted by atomic mass is 10.7. The first kappa shape index (κ1) is 5.47. The smallest absolute Gasteiger partial charge is 0.238 e. The van der Waals surface area contributed by atoms with Crippen molar-refractivity contribution in [3.63, 3.8) is 0 Å². The van der Waals surface area contributed by atoms with E-state index in [1.807, 2.05) is 21.0 Å². The third kappa shape index (κ3) is 1.76. The molecule has 0 aromatic rings. The first-order valence-corrected chi connectivity index (χ1v) is 2.00. The van der Waals surface area contributed by atoms with Crippen LogP contribution in [0.4, 0.5) is 0 Å². The van der Waals surface area contributed by atoms with E-state index < -0.39 is 0 Å². The predicted octanol–water partition coefficient (Wildman–Crippen LogP) is -1.67. The molecular formula is C4H11N2+. The molecule has 0 aliphatic carbocycles. The van der Waals surface area contributed by atoms with Gasteiger partial charge in [0.15, 0.2) is 0 Å². The number of rotatable bonds is 0. The summed E-state index contributed by atoms with van der Waals surface area (Å²) in [5.41, 5.74) is 0. The van der Waals surface area contributed by atoms with Crippen LogP contribution in [-0.4, -0.2) is 19.9 Å². The minimum Gasteiger partial charge on any atom is -0.282 e. The zero-order valence-corrected chi connectivity index (χ0v) is 4.50. The molecule has 0 fully saturated rings. The summed E-state index contributed by atoms with van der Waals surface area (Å²) in [7, 11) is 3.76. The lowest BCUT2D eigenvalue weighted by molar-refractivity contribution is -0.422. The van der Waals surface area contributed by atoms with Crippen LogP contribution in [0, 0.1) is 0 Å². The van der Waals surface area contributed by atoms with Gasteiger partial charge in [-0.25, -0.2) is 0 Å². The van der Waals surface area contributed by atoms with E-state index in [0.29, 0.717) is 0 Å². The van der Waals surface area contributed by atoms with Crippen molar-refractivity contribution in [2.45, 2.75) is 6.92 Å². The van der Waals surface area contributed by atoms with Crippen LogP contribution in [0.5, 0.6) is 0 Å². The standard InChI is InChI=1S/C4H10N2/c1-4(5-2)6-3/h1-3H3,(H,5,6)/p+1. The van der Waals surface area contributed by atoms with E-state index in [9.17, 15) is 0 Å². The van der Waals surface area contributed by atoms with Crippen LogP contribution < -0.4 is 10.3 Å². The van der Waals surface area contributed by atoms with Gasteiger partial charge in [0, 0.05) is 6.92 Å². The zero-order valence-electron chi connectivity index (χ0n) is 4.50. The summed E-state index contributed by atoms with van der Waals surface area (Å²) in [4.78, 5) is 2.92. The van der Waals surface area contributed by atoms with Gasteiger partial charge in [0.2, 0.25) is 5.84 Å². The third-order valence-electron chi connectivity index (χ3n) is 0.750. The Labute approximate surface area is 38.3 Å². The molecule has 0 aliphatic rings. The van der Waals surface area contributed by atoms with Crippen LogP contribution in [0.2, 0.25) is 0 Å². The highest BCUT2D eigenvalue weighted by Gasteiger charge is 1.80. The van der Waals surface area contributed by atoms with E-state index in [0.717, 1.165) is 5.84 Å². The molecule has 2 N–H and O–H groups in total. The molecule has 0 rings (SSSR count). The van der Waals surface area contributed by atoms with Gasteiger partial charge in [-0.05, 0) is 0 Å². The van der Waals surface area contributed by atoms with Crippen LogP contribution in [0.25, 0.3) is 0 Å². The van der Waals surface area contributed by atoms with Crippen molar-refractivity contribution in [2.24, 2.45) is 0 Å². The molecule has 0 spiro atoms. The van der Waals surface area contributed by atoms with Gasteiger partial charge in [-0.3, -0.25) is 10.3 Å². The highest BCUT2D eigenvalue weighted by Crippen LogP contribution is 1.39. The van der Waals surface area contributed by atoms with Crippen LogP contribution in [0.15, 0.2) is 0 Å². The molecule has 0 aliphatic heterocycles. The number of hydrogen-bond acceptors (Lipinski definition) is 0. The second-order valence-corrected chi connectivity index (χ2v) is 1.12. The summed E-state index contributed by atoms with van der Waals surface area (Å²) in [5, 5.41) is 2.92. The zero-order chi connectivity index (χ0) is 4.99. The van der Waals surface area contributed by atoms with E-state index in [-0.39, 0.29) is 0 Å². The number of amidine groups is 1. The van der Waals surface area contributed by atoms with Gasteiger partial charge >= 0.3 is 0 Å². The average molecular weight is 87.1 g/mol. The summed E-state index contributed by atoms with van der Waals surface area (Å²) in [6, 6.07) is 0. The highest BCUT2D eigenvalue weighted by atomic mass is 14.9. The van der Waals surface area contributed by atoms with Crippen molar-refractivity contribution in [1.82, 2.24) is 5.32 Å². The second-order valence-electron chi connectivity index (χ2n) is 1.12. The van der Waals surface area contributed by atoms with Crippen LogP contribution >= 0.6 is 0 Å². The summed E-state index contributed by atoms with van der Waals surface area (Å²) in [6.45, 7) is 1.97. The quantitative estimate of drug-likeness (QED) is 0.268. The predicted molar refractivity (Wildman–Crippen MR) is 26.6 cm³/mol. The highest BCUT2D eigenvalue weighted by molar-refractivity contribution is 5.72. The SMILES string of the molecule is CNC(C)=[NH+]C. The molecule has 2 nitrogen and oxygen atoms in total. The summed E-state index contributed by atoms with van der Waals surface area (Å²) in [5.74, 6) is 1.09. The molecule has 0 heterocycles. The van der Waals surface area contributed by atoms with Crippen molar-refractivity contribution in [2.75, 3.05) is 14.1 Å². The maximum atomic E-state index is 2.92. The fourth-order valence-corrected chi connectivity index (χ4v) is 0.125. The molecular weight excluding hydrogens is 76.1 g/mol. The van der Waals surface area contributed by atoms with Crippen LogP contribution in [0.3, 0.4) is 0 Å².